The van der Waals surface area contributed by atoms with E-state index in [4.69, 9.17) is 0 Å². The van der Waals surface area contributed by atoms with Gasteiger partial charge in [-0.05, 0) is 38.8 Å². The van der Waals surface area contributed by atoms with Crippen LogP contribution in [0.15, 0.2) is 0 Å². The van der Waals surface area contributed by atoms with Gasteiger partial charge >= 0.3 is 0 Å². The molecule has 2 aliphatic heterocycles. The Balaban J connectivity index is 1.88. The third kappa shape index (κ3) is 2.51. The molecular weight excluding hydrogens is 188 g/mol. The van der Waals surface area contributed by atoms with Crippen molar-refractivity contribution in [2.45, 2.75) is 32.6 Å². The SMILES string of the molecule is CCN1CCCC(C(=O)N2CCCC2)C1. The number of likely N-dealkylation sites (tertiary alicyclic amines) is 2. The van der Waals surface area contributed by atoms with Gasteiger partial charge in [0.1, 0.15) is 0 Å². The second-order valence-corrected chi connectivity index (χ2v) is 4.76. The maximum absolute atomic E-state index is 12.2. The highest BCUT2D eigenvalue weighted by molar-refractivity contribution is 5.79. The predicted octanol–water partition coefficient (Wildman–Crippen LogP) is 1.34. The van der Waals surface area contributed by atoms with Crippen LogP contribution in [0.2, 0.25) is 0 Å². The van der Waals surface area contributed by atoms with Gasteiger partial charge in [0, 0.05) is 19.6 Å². The maximum atomic E-state index is 12.2. The van der Waals surface area contributed by atoms with Gasteiger partial charge in [0.15, 0.2) is 0 Å². The van der Waals surface area contributed by atoms with Crippen molar-refractivity contribution in [1.82, 2.24) is 9.80 Å². The number of rotatable bonds is 2. The van der Waals surface area contributed by atoms with Gasteiger partial charge in [-0.1, -0.05) is 6.92 Å². The van der Waals surface area contributed by atoms with Crippen LogP contribution < -0.4 is 0 Å². The van der Waals surface area contributed by atoms with Crippen LogP contribution in [-0.4, -0.2) is 48.4 Å². The molecule has 86 valence electrons. The lowest BCUT2D eigenvalue weighted by atomic mass is 9.96. The second-order valence-electron chi connectivity index (χ2n) is 4.76. The number of piperidine rings is 1. The molecule has 2 rings (SSSR count). The highest BCUT2D eigenvalue weighted by atomic mass is 16.2. The van der Waals surface area contributed by atoms with Crippen molar-refractivity contribution in [2.75, 3.05) is 32.7 Å². The first-order valence-electron chi connectivity index (χ1n) is 6.32. The van der Waals surface area contributed by atoms with E-state index in [-0.39, 0.29) is 5.92 Å². The van der Waals surface area contributed by atoms with Crippen molar-refractivity contribution in [3.05, 3.63) is 0 Å². The molecule has 1 unspecified atom stereocenters. The average Bonchev–Trinajstić information content (AvgIpc) is 2.81. The number of hydrogen-bond donors (Lipinski definition) is 0. The second kappa shape index (κ2) is 4.97. The summed E-state index contributed by atoms with van der Waals surface area (Å²) in [5, 5.41) is 0. The van der Waals surface area contributed by atoms with Crippen LogP contribution in [0.4, 0.5) is 0 Å². The van der Waals surface area contributed by atoms with E-state index in [1.807, 2.05) is 0 Å². The number of carbonyl (C=O) groups is 1. The van der Waals surface area contributed by atoms with Crippen LogP contribution in [0.5, 0.6) is 0 Å². The Kier molecular flexibility index (Phi) is 3.62. The van der Waals surface area contributed by atoms with Gasteiger partial charge in [-0.2, -0.15) is 0 Å². The molecule has 2 aliphatic rings. The first-order valence-corrected chi connectivity index (χ1v) is 6.32. The number of nitrogens with zero attached hydrogens (tertiary/aromatic N) is 2. The molecule has 0 aromatic heterocycles. The molecule has 0 aromatic carbocycles. The van der Waals surface area contributed by atoms with Crippen LogP contribution in [0.1, 0.15) is 32.6 Å². The van der Waals surface area contributed by atoms with E-state index in [2.05, 4.69) is 16.7 Å². The minimum absolute atomic E-state index is 0.289. The fourth-order valence-corrected chi connectivity index (χ4v) is 2.74. The predicted molar refractivity (Wildman–Crippen MR) is 60.7 cm³/mol. The van der Waals surface area contributed by atoms with E-state index in [1.54, 1.807) is 0 Å². The van der Waals surface area contributed by atoms with Gasteiger partial charge in [0.2, 0.25) is 5.91 Å². The standard InChI is InChI=1S/C12H22N2O/c1-2-13-7-5-6-11(10-13)12(15)14-8-3-4-9-14/h11H,2-10H2,1H3. The summed E-state index contributed by atoms with van der Waals surface area (Å²) in [6.07, 6.45) is 4.70. The molecule has 1 amide bonds. The van der Waals surface area contributed by atoms with Gasteiger partial charge < -0.3 is 9.80 Å². The molecule has 0 aromatic rings. The Labute approximate surface area is 92.4 Å². The summed E-state index contributed by atoms with van der Waals surface area (Å²) in [6.45, 7) is 7.45. The Morgan fingerprint density at radius 1 is 1.20 bits per heavy atom. The molecule has 3 nitrogen and oxygen atoms in total. The monoisotopic (exact) mass is 210 g/mol. The van der Waals surface area contributed by atoms with E-state index >= 15 is 0 Å². The highest BCUT2D eigenvalue weighted by Crippen LogP contribution is 2.20. The van der Waals surface area contributed by atoms with Crippen molar-refractivity contribution >= 4 is 5.91 Å². The van der Waals surface area contributed by atoms with Gasteiger partial charge in [0.05, 0.1) is 5.92 Å². The van der Waals surface area contributed by atoms with Crippen LogP contribution in [-0.2, 0) is 4.79 Å². The lowest BCUT2D eigenvalue weighted by molar-refractivity contribution is -0.136. The Morgan fingerprint density at radius 2 is 1.93 bits per heavy atom. The van der Waals surface area contributed by atoms with Crippen LogP contribution in [0, 0.1) is 5.92 Å². The molecule has 0 saturated carbocycles. The lowest BCUT2D eigenvalue weighted by Gasteiger charge is -2.33. The summed E-state index contributed by atoms with van der Waals surface area (Å²) in [7, 11) is 0. The van der Waals surface area contributed by atoms with E-state index in [1.165, 1.54) is 25.8 Å². The summed E-state index contributed by atoms with van der Waals surface area (Å²) in [5.41, 5.74) is 0. The quantitative estimate of drug-likeness (QED) is 0.686. The van der Waals surface area contributed by atoms with Crippen molar-refractivity contribution < 1.29 is 4.79 Å². The average molecular weight is 210 g/mol. The minimum atomic E-state index is 0.289. The van der Waals surface area contributed by atoms with Crippen LogP contribution >= 0.6 is 0 Å². The molecule has 2 fully saturated rings. The molecule has 0 spiro atoms. The zero-order valence-corrected chi connectivity index (χ0v) is 9.74. The van der Waals surface area contributed by atoms with E-state index < -0.39 is 0 Å². The summed E-state index contributed by atoms with van der Waals surface area (Å²) in [5.74, 6) is 0.711. The fraction of sp³-hybridized carbons (Fsp3) is 0.917. The van der Waals surface area contributed by atoms with Crippen molar-refractivity contribution in [1.29, 1.82) is 0 Å². The summed E-state index contributed by atoms with van der Waals surface area (Å²) >= 11 is 0. The molecule has 0 radical (unpaired) electrons. The smallest absolute Gasteiger partial charge is 0.226 e. The van der Waals surface area contributed by atoms with Crippen molar-refractivity contribution in [3.8, 4) is 0 Å². The molecular formula is C12H22N2O. The van der Waals surface area contributed by atoms with E-state index in [0.29, 0.717) is 5.91 Å². The molecule has 2 saturated heterocycles. The Morgan fingerprint density at radius 3 is 2.60 bits per heavy atom. The Bertz CT molecular complexity index is 224. The molecule has 2 heterocycles. The zero-order valence-electron chi connectivity index (χ0n) is 9.74. The van der Waals surface area contributed by atoms with Crippen molar-refractivity contribution in [2.24, 2.45) is 5.92 Å². The lowest BCUT2D eigenvalue weighted by Crippen LogP contribution is -2.43. The van der Waals surface area contributed by atoms with Gasteiger partial charge in [-0.25, -0.2) is 0 Å². The van der Waals surface area contributed by atoms with E-state index in [9.17, 15) is 4.79 Å². The molecule has 0 bridgehead atoms. The largest absolute Gasteiger partial charge is 0.342 e. The van der Waals surface area contributed by atoms with Gasteiger partial charge in [-0.15, -0.1) is 0 Å². The van der Waals surface area contributed by atoms with Crippen LogP contribution in [0.25, 0.3) is 0 Å². The normalized spacial score (nSPS) is 28.3. The Hall–Kier alpha value is -0.570. The fourth-order valence-electron chi connectivity index (χ4n) is 2.74. The number of hydrogen-bond acceptors (Lipinski definition) is 2. The first-order chi connectivity index (χ1) is 7.31. The van der Waals surface area contributed by atoms with Gasteiger partial charge in [-0.3, -0.25) is 4.79 Å². The van der Waals surface area contributed by atoms with Gasteiger partial charge in [0.25, 0.3) is 0 Å². The summed E-state index contributed by atoms with van der Waals surface area (Å²) in [4.78, 5) is 16.6. The number of amides is 1. The summed E-state index contributed by atoms with van der Waals surface area (Å²) < 4.78 is 0. The van der Waals surface area contributed by atoms with Crippen molar-refractivity contribution in [3.63, 3.8) is 0 Å². The third-order valence-corrected chi connectivity index (χ3v) is 3.72. The maximum Gasteiger partial charge on any atom is 0.226 e. The molecule has 15 heavy (non-hydrogen) atoms. The summed E-state index contributed by atoms with van der Waals surface area (Å²) in [6, 6.07) is 0. The molecule has 0 N–H and O–H groups in total. The third-order valence-electron chi connectivity index (χ3n) is 3.72. The molecule has 3 heteroatoms. The zero-order chi connectivity index (χ0) is 10.7. The molecule has 0 aliphatic carbocycles. The minimum Gasteiger partial charge on any atom is -0.342 e. The first kappa shape index (κ1) is 10.9. The highest BCUT2D eigenvalue weighted by Gasteiger charge is 2.29. The number of carbonyl (C=O) groups excluding carboxylic acids is 1. The molecule has 1 atom stereocenters. The van der Waals surface area contributed by atoms with Crippen LogP contribution in [0.3, 0.4) is 0 Å². The topological polar surface area (TPSA) is 23.6 Å². The van der Waals surface area contributed by atoms with E-state index in [0.717, 1.165) is 32.6 Å².